The zero-order valence-corrected chi connectivity index (χ0v) is 16.6. The number of ether oxygens (including phenoxy) is 1. The molecule has 2 aromatic rings. The van der Waals surface area contributed by atoms with Crippen LogP contribution in [-0.2, 0) is 19.4 Å². The lowest BCUT2D eigenvalue weighted by atomic mass is 9.98. The van der Waals surface area contributed by atoms with Crippen LogP contribution >= 0.6 is 12.4 Å². The molecule has 1 amide bonds. The van der Waals surface area contributed by atoms with Gasteiger partial charge in [-0.1, -0.05) is 42.5 Å². The first-order valence-corrected chi connectivity index (χ1v) is 10.3. The Morgan fingerprint density at radius 2 is 1.85 bits per heavy atom. The van der Waals surface area contributed by atoms with Gasteiger partial charge >= 0.3 is 0 Å². The fourth-order valence-electron chi connectivity index (χ4n) is 2.90. The third-order valence-electron chi connectivity index (χ3n) is 4.26. The van der Waals surface area contributed by atoms with Crippen LogP contribution in [0.5, 0.6) is 0 Å². The number of sulfone groups is 1. The monoisotopic (exact) mass is 410 g/mol. The minimum Gasteiger partial charge on any atom is -0.366 e. The van der Waals surface area contributed by atoms with Gasteiger partial charge in [-0.2, -0.15) is 0 Å². The summed E-state index contributed by atoms with van der Waals surface area (Å²) in [4.78, 5) is 12.9. The lowest BCUT2D eigenvalue weighted by molar-refractivity contribution is -0.134. The van der Waals surface area contributed by atoms with Crippen molar-refractivity contribution in [2.45, 2.75) is 17.0 Å². The van der Waals surface area contributed by atoms with Crippen LogP contribution in [0.4, 0.5) is 0 Å². The number of benzene rings is 2. The van der Waals surface area contributed by atoms with Gasteiger partial charge in [0.25, 0.3) is 5.91 Å². The second kappa shape index (κ2) is 9.32. The molecule has 2 unspecified atom stereocenters. The summed E-state index contributed by atoms with van der Waals surface area (Å²) in [6, 6.07) is 15.7. The number of carbonyl (C=O) groups is 1. The highest BCUT2D eigenvalue weighted by molar-refractivity contribution is 7.90. The van der Waals surface area contributed by atoms with Crippen LogP contribution in [-0.4, -0.2) is 46.4 Å². The van der Waals surface area contributed by atoms with Gasteiger partial charge in [-0.25, -0.2) is 8.42 Å². The molecule has 2 N–H and O–H groups in total. The summed E-state index contributed by atoms with van der Waals surface area (Å²) in [5.41, 5.74) is 1.58. The molecule has 8 heteroatoms. The lowest BCUT2D eigenvalue weighted by Crippen LogP contribution is -2.48. The van der Waals surface area contributed by atoms with E-state index in [9.17, 15) is 13.2 Å². The lowest BCUT2D eigenvalue weighted by Gasteiger charge is -2.26. The molecule has 1 aliphatic rings. The van der Waals surface area contributed by atoms with E-state index < -0.39 is 22.0 Å². The zero-order chi connectivity index (χ0) is 18.6. The summed E-state index contributed by atoms with van der Waals surface area (Å²) >= 11 is 0. The van der Waals surface area contributed by atoms with Gasteiger partial charge in [0.1, 0.15) is 6.10 Å². The third-order valence-corrected chi connectivity index (χ3v) is 5.37. The SMILES string of the molecule is CS(=O)(=O)c1cccc(C(NC(=O)C2CNCCO2)c2ccccc2)c1.Cl. The van der Waals surface area contributed by atoms with Crippen LogP contribution in [0.1, 0.15) is 17.2 Å². The molecule has 2 aromatic carbocycles. The Bertz CT molecular complexity index is 868. The third kappa shape index (κ3) is 5.52. The van der Waals surface area contributed by atoms with Crippen LogP contribution in [0.15, 0.2) is 59.5 Å². The van der Waals surface area contributed by atoms with Crippen molar-refractivity contribution in [3.05, 3.63) is 65.7 Å². The molecule has 1 saturated heterocycles. The minimum absolute atomic E-state index is 0. The molecule has 146 valence electrons. The Labute approximate surface area is 165 Å². The molecule has 1 aliphatic heterocycles. The standard InChI is InChI=1S/C19H22N2O4S.ClH/c1-26(23,24)16-9-5-8-15(12-16)18(14-6-3-2-4-7-14)21-19(22)17-13-20-10-11-25-17;/h2-9,12,17-18,20H,10-11,13H2,1H3,(H,21,22);1H. The molecule has 3 rings (SSSR count). The van der Waals surface area contributed by atoms with Crippen molar-refractivity contribution in [2.24, 2.45) is 0 Å². The number of nitrogens with one attached hydrogen (secondary N) is 2. The van der Waals surface area contributed by atoms with Crippen molar-refractivity contribution in [1.82, 2.24) is 10.6 Å². The van der Waals surface area contributed by atoms with Crippen molar-refractivity contribution < 1.29 is 17.9 Å². The molecule has 0 bridgehead atoms. The van der Waals surface area contributed by atoms with E-state index in [4.69, 9.17) is 4.74 Å². The van der Waals surface area contributed by atoms with Crippen molar-refractivity contribution in [2.75, 3.05) is 26.0 Å². The van der Waals surface area contributed by atoms with Crippen LogP contribution in [0.3, 0.4) is 0 Å². The van der Waals surface area contributed by atoms with E-state index in [0.29, 0.717) is 18.7 Å². The Hall–Kier alpha value is -1.93. The van der Waals surface area contributed by atoms with Gasteiger partial charge in [0.2, 0.25) is 0 Å². The summed E-state index contributed by atoms with van der Waals surface area (Å²) in [5.74, 6) is -0.226. The Balaban J connectivity index is 0.00000261. The molecular weight excluding hydrogens is 388 g/mol. The topological polar surface area (TPSA) is 84.5 Å². The van der Waals surface area contributed by atoms with Crippen molar-refractivity contribution in [3.8, 4) is 0 Å². The van der Waals surface area contributed by atoms with E-state index in [2.05, 4.69) is 10.6 Å². The van der Waals surface area contributed by atoms with Gasteiger partial charge in [-0.05, 0) is 23.3 Å². The normalized spacial score (nSPS) is 18.2. The van der Waals surface area contributed by atoms with E-state index >= 15 is 0 Å². The van der Waals surface area contributed by atoms with E-state index in [-0.39, 0.29) is 23.2 Å². The maximum absolute atomic E-state index is 12.6. The molecule has 1 fully saturated rings. The van der Waals surface area contributed by atoms with Gasteiger partial charge < -0.3 is 15.4 Å². The Kier molecular flexibility index (Phi) is 7.38. The molecular formula is C19H23ClN2O4S. The van der Waals surface area contributed by atoms with Crippen LogP contribution in [0.25, 0.3) is 0 Å². The van der Waals surface area contributed by atoms with Gasteiger partial charge in [0, 0.05) is 19.3 Å². The van der Waals surface area contributed by atoms with Gasteiger partial charge in [-0.15, -0.1) is 12.4 Å². The van der Waals surface area contributed by atoms with E-state index in [1.807, 2.05) is 36.4 Å². The van der Waals surface area contributed by atoms with Gasteiger partial charge in [0.05, 0.1) is 17.5 Å². The highest BCUT2D eigenvalue weighted by Gasteiger charge is 2.26. The highest BCUT2D eigenvalue weighted by atomic mass is 35.5. The van der Waals surface area contributed by atoms with Crippen molar-refractivity contribution in [3.63, 3.8) is 0 Å². The summed E-state index contributed by atoms with van der Waals surface area (Å²) < 4.78 is 29.3. The molecule has 2 atom stereocenters. The maximum Gasteiger partial charge on any atom is 0.251 e. The smallest absolute Gasteiger partial charge is 0.251 e. The first-order valence-electron chi connectivity index (χ1n) is 8.43. The highest BCUT2D eigenvalue weighted by Crippen LogP contribution is 2.24. The van der Waals surface area contributed by atoms with E-state index in [1.165, 1.54) is 6.26 Å². The van der Waals surface area contributed by atoms with E-state index in [0.717, 1.165) is 12.1 Å². The Morgan fingerprint density at radius 3 is 2.48 bits per heavy atom. The number of halogens is 1. The number of carbonyl (C=O) groups excluding carboxylic acids is 1. The summed E-state index contributed by atoms with van der Waals surface area (Å²) in [5, 5.41) is 6.13. The second-order valence-electron chi connectivity index (χ2n) is 6.26. The first kappa shape index (κ1) is 21.4. The van der Waals surface area contributed by atoms with E-state index in [1.54, 1.807) is 18.2 Å². The van der Waals surface area contributed by atoms with Crippen LogP contribution in [0.2, 0.25) is 0 Å². The first-order chi connectivity index (χ1) is 12.4. The fourth-order valence-corrected chi connectivity index (χ4v) is 3.57. The largest absolute Gasteiger partial charge is 0.366 e. The molecule has 27 heavy (non-hydrogen) atoms. The molecule has 0 saturated carbocycles. The molecule has 0 radical (unpaired) electrons. The predicted octanol–water partition coefficient (Wildman–Crippen LogP) is 1.71. The van der Waals surface area contributed by atoms with Crippen LogP contribution < -0.4 is 10.6 Å². The average Bonchev–Trinajstić information content (AvgIpc) is 2.67. The van der Waals surface area contributed by atoms with Gasteiger partial charge in [0.15, 0.2) is 9.84 Å². The fraction of sp³-hybridized carbons (Fsp3) is 0.316. The second-order valence-corrected chi connectivity index (χ2v) is 8.28. The summed E-state index contributed by atoms with van der Waals surface area (Å²) in [6.07, 6.45) is 0.608. The molecule has 6 nitrogen and oxygen atoms in total. The maximum atomic E-state index is 12.6. The number of amides is 1. The Morgan fingerprint density at radius 1 is 1.15 bits per heavy atom. The molecule has 0 aromatic heterocycles. The van der Waals surface area contributed by atoms with Crippen molar-refractivity contribution >= 4 is 28.2 Å². The molecule has 0 aliphatic carbocycles. The average molecular weight is 411 g/mol. The van der Waals surface area contributed by atoms with Gasteiger partial charge in [-0.3, -0.25) is 4.79 Å². The number of morpholine rings is 1. The molecule has 1 heterocycles. The number of rotatable bonds is 5. The van der Waals surface area contributed by atoms with Crippen molar-refractivity contribution in [1.29, 1.82) is 0 Å². The molecule has 0 spiro atoms. The minimum atomic E-state index is -3.34. The predicted molar refractivity (Wildman–Crippen MR) is 106 cm³/mol. The van der Waals surface area contributed by atoms with Crippen LogP contribution in [0, 0.1) is 0 Å². The number of hydrogen-bond donors (Lipinski definition) is 2. The summed E-state index contributed by atoms with van der Waals surface area (Å²) in [7, 11) is -3.34. The quantitative estimate of drug-likeness (QED) is 0.783. The number of hydrogen-bond acceptors (Lipinski definition) is 5. The summed E-state index contributed by atoms with van der Waals surface area (Å²) in [6.45, 7) is 1.66. The zero-order valence-electron chi connectivity index (χ0n) is 14.9.